The predicted octanol–water partition coefficient (Wildman–Crippen LogP) is 4.66. The summed E-state index contributed by atoms with van der Waals surface area (Å²) in [4.78, 5) is 20.6. The summed E-state index contributed by atoms with van der Waals surface area (Å²) in [5, 5.41) is 3.75. The molecule has 2 heterocycles. The Hall–Kier alpha value is -2.50. The number of hydrogen-bond donors (Lipinski definition) is 1. The number of carbonyl (C=O) groups is 1. The van der Waals surface area contributed by atoms with Gasteiger partial charge in [0.2, 0.25) is 5.91 Å². The zero-order valence-electron chi connectivity index (χ0n) is 15.9. The molecule has 0 saturated heterocycles. The average molecular weight is 392 g/mol. The van der Waals surface area contributed by atoms with Gasteiger partial charge in [-0.2, -0.15) is 0 Å². The van der Waals surface area contributed by atoms with E-state index in [2.05, 4.69) is 57.7 Å². The normalized spacial score (nSPS) is 13.9. The van der Waals surface area contributed by atoms with Gasteiger partial charge in [-0.1, -0.05) is 60.7 Å². The van der Waals surface area contributed by atoms with Crippen molar-refractivity contribution in [3.8, 4) is 0 Å². The van der Waals surface area contributed by atoms with Crippen LogP contribution in [0.4, 0.5) is 5.13 Å². The Morgan fingerprint density at radius 1 is 1.04 bits per heavy atom. The number of amides is 1. The maximum Gasteiger partial charge on any atom is 0.226 e. The summed E-state index contributed by atoms with van der Waals surface area (Å²) in [6.07, 6.45) is 3.25. The number of benzene rings is 2. The van der Waals surface area contributed by atoms with Crippen LogP contribution in [0.3, 0.4) is 0 Å². The summed E-state index contributed by atoms with van der Waals surface area (Å²) in [6, 6.07) is 20.9. The molecule has 28 heavy (non-hydrogen) atoms. The Kier molecular flexibility index (Phi) is 6.14. The van der Waals surface area contributed by atoms with E-state index in [0.717, 1.165) is 49.7 Å². The van der Waals surface area contributed by atoms with Crippen LogP contribution in [-0.4, -0.2) is 22.3 Å². The van der Waals surface area contributed by atoms with Crippen LogP contribution in [0.25, 0.3) is 0 Å². The number of fused-ring (bicyclic) bond motifs is 1. The lowest BCUT2D eigenvalue weighted by atomic mass is 10.1. The Bertz CT molecular complexity index is 908. The number of rotatable bonds is 7. The fourth-order valence-corrected chi connectivity index (χ4v) is 4.62. The molecular weight excluding hydrogens is 366 g/mol. The molecule has 1 aromatic heterocycles. The van der Waals surface area contributed by atoms with E-state index in [1.807, 2.05) is 18.2 Å². The van der Waals surface area contributed by atoms with Crippen LogP contribution < -0.4 is 5.32 Å². The number of nitrogens with zero attached hydrogens (tertiary/aromatic N) is 2. The minimum Gasteiger partial charge on any atom is -0.302 e. The van der Waals surface area contributed by atoms with Crippen LogP contribution in [-0.2, 0) is 30.7 Å². The summed E-state index contributed by atoms with van der Waals surface area (Å²) in [5.41, 5.74) is 3.76. The summed E-state index contributed by atoms with van der Waals surface area (Å²) < 4.78 is 0. The molecule has 4 rings (SSSR count). The molecule has 4 nitrogen and oxygen atoms in total. The van der Waals surface area contributed by atoms with Crippen molar-refractivity contribution in [1.29, 1.82) is 0 Å². The Balaban J connectivity index is 1.27. The van der Waals surface area contributed by atoms with E-state index in [1.54, 1.807) is 11.3 Å². The number of carbonyl (C=O) groups excluding carboxylic acids is 1. The van der Waals surface area contributed by atoms with Crippen molar-refractivity contribution in [3.63, 3.8) is 0 Å². The number of hydrogen-bond acceptors (Lipinski definition) is 4. The fourth-order valence-electron chi connectivity index (χ4n) is 3.56. The van der Waals surface area contributed by atoms with Gasteiger partial charge in [-0.05, 0) is 24.0 Å². The van der Waals surface area contributed by atoms with Crippen molar-refractivity contribution >= 4 is 22.4 Å². The predicted molar refractivity (Wildman–Crippen MR) is 114 cm³/mol. The maximum absolute atomic E-state index is 12.3. The lowest BCUT2D eigenvalue weighted by Crippen LogP contribution is -2.29. The van der Waals surface area contributed by atoms with Crippen LogP contribution in [0.1, 0.15) is 34.5 Å². The number of nitrogens with one attached hydrogen (secondary N) is 1. The average Bonchev–Trinajstić information content (AvgIpc) is 3.11. The molecule has 1 aliphatic heterocycles. The second kappa shape index (κ2) is 9.13. The summed E-state index contributed by atoms with van der Waals surface area (Å²) >= 11 is 1.62. The summed E-state index contributed by atoms with van der Waals surface area (Å²) in [6.45, 7) is 2.88. The smallest absolute Gasteiger partial charge is 0.226 e. The highest BCUT2D eigenvalue weighted by atomic mass is 32.1. The van der Waals surface area contributed by atoms with E-state index in [9.17, 15) is 4.79 Å². The van der Waals surface area contributed by atoms with Gasteiger partial charge >= 0.3 is 0 Å². The van der Waals surface area contributed by atoms with Crippen molar-refractivity contribution in [2.45, 2.75) is 38.8 Å². The SMILES string of the molecule is O=C(CCCc1ccccc1)Nc1nc2c(s1)CN(Cc1ccccc1)CC2. The van der Waals surface area contributed by atoms with E-state index in [4.69, 9.17) is 0 Å². The van der Waals surface area contributed by atoms with E-state index in [1.165, 1.54) is 16.0 Å². The summed E-state index contributed by atoms with van der Waals surface area (Å²) in [7, 11) is 0. The van der Waals surface area contributed by atoms with Crippen molar-refractivity contribution in [1.82, 2.24) is 9.88 Å². The van der Waals surface area contributed by atoms with Crippen molar-refractivity contribution < 1.29 is 4.79 Å². The first-order valence-electron chi connectivity index (χ1n) is 9.85. The molecule has 144 valence electrons. The molecule has 2 aromatic carbocycles. The fraction of sp³-hybridized carbons (Fsp3) is 0.304. The van der Waals surface area contributed by atoms with E-state index in [-0.39, 0.29) is 5.91 Å². The van der Waals surface area contributed by atoms with Crippen LogP contribution >= 0.6 is 11.3 Å². The standard InChI is InChI=1S/C23H25N3OS/c27-22(13-7-12-18-8-3-1-4-9-18)25-23-24-20-14-15-26(17-21(20)28-23)16-19-10-5-2-6-11-19/h1-6,8-11H,7,12-17H2,(H,24,25,27). The first-order valence-corrected chi connectivity index (χ1v) is 10.7. The monoisotopic (exact) mass is 391 g/mol. The van der Waals surface area contributed by atoms with Gasteiger partial charge in [0.05, 0.1) is 5.69 Å². The number of anilines is 1. The molecule has 1 N–H and O–H groups in total. The van der Waals surface area contributed by atoms with Gasteiger partial charge < -0.3 is 5.32 Å². The second-order valence-corrected chi connectivity index (χ2v) is 8.31. The number of aromatic nitrogens is 1. The molecule has 1 aliphatic rings. The lowest BCUT2D eigenvalue weighted by molar-refractivity contribution is -0.116. The van der Waals surface area contributed by atoms with Crippen LogP contribution in [0.15, 0.2) is 60.7 Å². The highest BCUT2D eigenvalue weighted by molar-refractivity contribution is 7.15. The van der Waals surface area contributed by atoms with Crippen LogP contribution in [0, 0.1) is 0 Å². The second-order valence-electron chi connectivity index (χ2n) is 7.22. The quantitative estimate of drug-likeness (QED) is 0.637. The van der Waals surface area contributed by atoms with Crippen molar-refractivity contribution in [2.24, 2.45) is 0 Å². The number of aryl methyl sites for hydroxylation is 1. The molecule has 3 aromatic rings. The zero-order valence-corrected chi connectivity index (χ0v) is 16.8. The molecule has 0 atom stereocenters. The first-order chi connectivity index (χ1) is 13.8. The first kappa shape index (κ1) is 18.8. The Morgan fingerprint density at radius 2 is 1.75 bits per heavy atom. The zero-order chi connectivity index (χ0) is 19.2. The molecule has 0 spiro atoms. The third-order valence-corrected chi connectivity index (χ3v) is 6.02. The molecule has 0 radical (unpaired) electrons. The molecule has 0 aliphatic carbocycles. The third-order valence-electron chi connectivity index (χ3n) is 5.02. The van der Waals surface area contributed by atoms with Crippen LogP contribution in [0.5, 0.6) is 0 Å². The van der Waals surface area contributed by atoms with Gasteiger partial charge in [-0.25, -0.2) is 4.98 Å². The molecule has 0 unspecified atom stereocenters. The minimum absolute atomic E-state index is 0.0585. The molecule has 5 heteroatoms. The molecular formula is C23H25N3OS. The van der Waals surface area contributed by atoms with Gasteiger partial charge in [0.25, 0.3) is 0 Å². The van der Waals surface area contributed by atoms with E-state index >= 15 is 0 Å². The van der Waals surface area contributed by atoms with Crippen molar-refractivity contribution in [3.05, 3.63) is 82.4 Å². The van der Waals surface area contributed by atoms with E-state index < -0.39 is 0 Å². The molecule has 0 bridgehead atoms. The largest absolute Gasteiger partial charge is 0.302 e. The van der Waals surface area contributed by atoms with Gasteiger partial charge in [0.1, 0.15) is 0 Å². The van der Waals surface area contributed by atoms with Crippen molar-refractivity contribution in [2.75, 3.05) is 11.9 Å². The van der Waals surface area contributed by atoms with Gasteiger partial charge in [0.15, 0.2) is 5.13 Å². The third kappa shape index (κ3) is 5.06. The molecule has 1 amide bonds. The number of thiazole rings is 1. The topological polar surface area (TPSA) is 45.2 Å². The molecule has 0 fully saturated rings. The Morgan fingerprint density at radius 3 is 2.50 bits per heavy atom. The van der Waals surface area contributed by atoms with Crippen LogP contribution in [0.2, 0.25) is 0 Å². The Labute approximate surface area is 170 Å². The highest BCUT2D eigenvalue weighted by Crippen LogP contribution is 2.29. The lowest BCUT2D eigenvalue weighted by Gasteiger charge is -2.25. The van der Waals surface area contributed by atoms with Gasteiger partial charge in [-0.15, -0.1) is 11.3 Å². The minimum atomic E-state index is 0.0585. The summed E-state index contributed by atoms with van der Waals surface area (Å²) in [5.74, 6) is 0.0585. The maximum atomic E-state index is 12.3. The van der Waals surface area contributed by atoms with Gasteiger partial charge in [-0.3, -0.25) is 9.69 Å². The highest BCUT2D eigenvalue weighted by Gasteiger charge is 2.21. The van der Waals surface area contributed by atoms with Gasteiger partial charge in [0, 0.05) is 37.4 Å². The van der Waals surface area contributed by atoms with E-state index in [0.29, 0.717) is 6.42 Å². The molecule has 0 saturated carbocycles.